The minimum atomic E-state index is -0.206. The summed E-state index contributed by atoms with van der Waals surface area (Å²) in [6.45, 7) is 2.96. The molecule has 0 bridgehead atoms. The zero-order valence-electron chi connectivity index (χ0n) is 10.7. The summed E-state index contributed by atoms with van der Waals surface area (Å²) in [6, 6.07) is 14.8. The van der Waals surface area contributed by atoms with Crippen molar-refractivity contribution in [2.45, 2.75) is 31.4 Å². The summed E-state index contributed by atoms with van der Waals surface area (Å²) in [5, 5.41) is 2.50. The standard InChI is InChI=1S/C16H19NO/c1-16(9-4-10-18-16)15(17)14-8-7-12-5-2-3-6-13(12)11-14/h2-3,5-8,11,15H,4,9-10,17H2,1H3. The summed E-state index contributed by atoms with van der Waals surface area (Å²) in [7, 11) is 0. The van der Waals surface area contributed by atoms with E-state index in [-0.39, 0.29) is 11.6 Å². The smallest absolute Gasteiger partial charge is 0.0847 e. The van der Waals surface area contributed by atoms with Crippen LogP contribution in [0.5, 0.6) is 0 Å². The van der Waals surface area contributed by atoms with Crippen LogP contribution in [-0.2, 0) is 4.74 Å². The maximum Gasteiger partial charge on any atom is 0.0847 e. The van der Waals surface area contributed by atoms with Crippen LogP contribution in [0.25, 0.3) is 10.8 Å². The Hall–Kier alpha value is -1.38. The van der Waals surface area contributed by atoms with E-state index in [1.54, 1.807) is 0 Å². The number of nitrogens with two attached hydrogens (primary N) is 1. The van der Waals surface area contributed by atoms with E-state index in [9.17, 15) is 0 Å². The van der Waals surface area contributed by atoms with E-state index in [1.807, 2.05) is 0 Å². The average Bonchev–Trinajstić information content (AvgIpc) is 2.85. The van der Waals surface area contributed by atoms with E-state index >= 15 is 0 Å². The number of benzene rings is 2. The summed E-state index contributed by atoms with van der Waals surface area (Å²) in [6.07, 6.45) is 2.15. The summed E-state index contributed by atoms with van der Waals surface area (Å²) in [5.74, 6) is 0. The quantitative estimate of drug-likeness (QED) is 0.874. The van der Waals surface area contributed by atoms with Crippen molar-refractivity contribution in [1.82, 2.24) is 0 Å². The molecule has 0 aliphatic carbocycles. The SMILES string of the molecule is CC1(C(N)c2ccc3ccccc3c2)CCCO1. The normalized spacial score (nSPS) is 25.4. The highest BCUT2D eigenvalue weighted by atomic mass is 16.5. The minimum absolute atomic E-state index is 0.0513. The van der Waals surface area contributed by atoms with E-state index in [0.717, 1.165) is 25.0 Å². The Morgan fingerprint density at radius 1 is 1.17 bits per heavy atom. The first-order chi connectivity index (χ1) is 8.69. The molecule has 0 amide bonds. The van der Waals surface area contributed by atoms with Gasteiger partial charge >= 0.3 is 0 Å². The largest absolute Gasteiger partial charge is 0.373 e. The zero-order valence-corrected chi connectivity index (χ0v) is 10.7. The molecule has 94 valence electrons. The lowest BCUT2D eigenvalue weighted by Crippen LogP contribution is -2.37. The number of hydrogen-bond donors (Lipinski definition) is 1. The van der Waals surface area contributed by atoms with Crippen LogP contribution in [0.15, 0.2) is 42.5 Å². The maximum atomic E-state index is 6.40. The number of ether oxygens (including phenoxy) is 1. The third-order valence-corrected chi connectivity index (χ3v) is 4.04. The Labute approximate surface area is 108 Å². The van der Waals surface area contributed by atoms with Crippen molar-refractivity contribution in [3.8, 4) is 0 Å². The first-order valence-electron chi connectivity index (χ1n) is 6.57. The zero-order chi connectivity index (χ0) is 12.6. The lowest BCUT2D eigenvalue weighted by molar-refractivity contribution is -0.00170. The van der Waals surface area contributed by atoms with Gasteiger partial charge in [0.1, 0.15) is 0 Å². The second-order valence-electron chi connectivity index (χ2n) is 5.35. The van der Waals surface area contributed by atoms with E-state index in [4.69, 9.17) is 10.5 Å². The number of rotatable bonds is 2. The molecule has 2 N–H and O–H groups in total. The third-order valence-electron chi connectivity index (χ3n) is 4.04. The average molecular weight is 241 g/mol. The molecule has 2 atom stereocenters. The molecule has 0 aromatic heterocycles. The molecule has 1 aliphatic heterocycles. The van der Waals surface area contributed by atoms with Crippen LogP contribution >= 0.6 is 0 Å². The Bertz CT molecular complexity index is 558. The van der Waals surface area contributed by atoms with Gasteiger partial charge in [0.15, 0.2) is 0 Å². The van der Waals surface area contributed by atoms with Gasteiger partial charge in [-0.05, 0) is 42.2 Å². The van der Waals surface area contributed by atoms with Crippen molar-refractivity contribution in [1.29, 1.82) is 0 Å². The van der Waals surface area contributed by atoms with E-state index in [0.29, 0.717) is 0 Å². The molecule has 3 rings (SSSR count). The molecule has 1 heterocycles. The van der Waals surface area contributed by atoms with Crippen molar-refractivity contribution in [3.63, 3.8) is 0 Å². The maximum absolute atomic E-state index is 6.40. The van der Waals surface area contributed by atoms with Gasteiger partial charge in [-0.25, -0.2) is 0 Å². The van der Waals surface area contributed by atoms with E-state index in [2.05, 4.69) is 49.4 Å². The monoisotopic (exact) mass is 241 g/mol. The minimum Gasteiger partial charge on any atom is -0.373 e. The highest BCUT2D eigenvalue weighted by Crippen LogP contribution is 2.36. The van der Waals surface area contributed by atoms with Gasteiger partial charge in [-0.1, -0.05) is 36.4 Å². The fourth-order valence-corrected chi connectivity index (χ4v) is 2.80. The van der Waals surface area contributed by atoms with Gasteiger partial charge in [0.2, 0.25) is 0 Å². The molecule has 0 spiro atoms. The molecule has 1 saturated heterocycles. The summed E-state index contributed by atoms with van der Waals surface area (Å²) < 4.78 is 5.84. The molecule has 2 unspecified atom stereocenters. The van der Waals surface area contributed by atoms with Crippen molar-refractivity contribution >= 4 is 10.8 Å². The third kappa shape index (κ3) is 1.92. The molecule has 1 fully saturated rings. The van der Waals surface area contributed by atoms with Crippen molar-refractivity contribution in [3.05, 3.63) is 48.0 Å². The fraction of sp³-hybridized carbons (Fsp3) is 0.375. The summed E-state index contributed by atoms with van der Waals surface area (Å²) >= 11 is 0. The molecule has 18 heavy (non-hydrogen) atoms. The molecule has 1 aliphatic rings. The molecule has 2 aromatic carbocycles. The Kier molecular flexibility index (Phi) is 2.84. The fourth-order valence-electron chi connectivity index (χ4n) is 2.80. The first kappa shape index (κ1) is 11.7. The molecule has 2 nitrogen and oxygen atoms in total. The second kappa shape index (κ2) is 4.38. The van der Waals surface area contributed by atoms with Crippen LogP contribution < -0.4 is 5.73 Å². The van der Waals surface area contributed by atoms with Crippen LogP contribution in [0.3, 0.4) is 0 Å². The van der Waals surface area contributed by atoms with Crippen LogP contribution in [0.1, 0.15) is 31.4 Å². The number of hydrogen-bond acceptors (Lipinski definition) is 2. The van der Waals surface area contributed by atoms with Crippen LogP contribution in [0.4, 0.5) is 0 Å². The lowest BCUT2D eigenvalue weighted by Gasteiger charge is -2.30. The highest BCUT2D eigenvalue weighted by molar-refractivity contribution is 5.83. The Balaban J connectivity index is 1.98. The van der Waals surface area contributed by atoms with Gasteiger partial charge in [0.05, 0.1) is 11.6 Å². The summed E-state index contributed by atoms with van der Waals surface area (Å²) in [5.41, 5.74) is 7.36. The van der Waals surface area contributed by atoms with E-state index < -0.39 is 0 Å². The van der Waals surface area contributed by atoms with Gasteiger partial charge in [-0.15, -0.1) is 0 Å². The number of fused-ring (bicyclic) bond motifs is 1. The van der Waals surface area contributed by atoms with Gasteiger partial charge in [-0.3, -0.25) is 0 Å². The van der Waals surface area contributed by atoms with Crippen LogP contribution in [-0.4, -0.2) is 12.2 Å². The predicted octanol–water partition coefficient (Wildman–Crippen LogP) is 3.41. The Morgan fingerprint density at radius 2 is 1.94 bits per heavy atom. The Morgan fingerprint density at radius 3 is 2.67 bits per heavy atom. The molecule has 2 aromatic rings. The van der Waals surface area contributed by atoms with Crippen molar-refractivity contribution in [2.75, 3.05) is 6.61 Å². The molecule has 0 radical (unpaired) electrons. The highest BCUT2D eigenvalue weighted by Gasteiger charge is 2.37. The first-order valence-corrected chi connectivity index (χ1v) is 6.57. The van der Waals surface area contributed by atoms with E-state index in [1.165, 1.54) is 10.8 Å². The van der Waals surface area contributed by atoms with Gasteiger partial charge in [-0.2, -0.15) is 0 Å². The van der Waals surface area contributed by atoms with Gasteiger partial charge in [0, 0.05) is 6.61 Å². The van der Waals surface area contributed by atoms with Crippen molar-refractivity contribution in [2.24, 2.45) is 5.73 Å². The molecule has 2 heteroatoms. The summed E-state index contributed by atoms with van der Waals surface area (Å²) in [4.78, 5) is 0. The molecule has 0 saturated carbocycles. The predicted molar refractivity (Wildman–Crippen MR) is 74.5 cm³/mol. The van der Waals surface area contributed by atoms with Crippen LogP contribution in [0, 0.1) is 0 Å². The molecular weight excluding hydrogens is 222 g/mol. The lowest BCUT2D eigenvalue weighted by atomic mass is 9.87. The van der Waals surface area contributed by atoms with Crippen molar-refractivity contribution < 1.29 is 4.74 Å². The topological polar surface area (TPSA) is 35.2 Å². The molecular formula is C16H19NO. The van der Waals surface area contributed by atoms with Gasteiger partial charge in [0.25, 0.3) is 0 Å². The van der Waals surface area contributed by atoms with Crippen LogP contribution in [0.2, 0.25) is 0 Å². The second-order valence-corrected chi connectivity index (χ2v) is 5.35. The van der Waals surface area contributed by atoms with Gasteiger partial charge < -0.3 is 10.5 Å².